The molecule has 103 valence electrons. The van der Waals surface area contributed by atoms with Gasteiger partial charge in [0.2, 0.25) is 6.34 Å². The van der Waals surface area contributed by atoms with Gasteiger partial charge in [-0.05, 0) is 17.5 Å². The number of nitrogens with zero attached hydrogens (tertiary/aromatic N) is 3. The summed E-state index contributed by atoms with van der Waals surface area (Å²) in [4.78, 5) is 4.36. The molecule has 5 heteroatoms. The Morgan fingerprint density at radius 3 is 2.86 bits per heavy atom. The fourth-order valence-corrected chi connectivity index (χ4v) is 3.20. The molecule has 0 spiro atoms. The quantitative estimate of drug-likeness (QED) is 0.428. The van der Waals surface area contributed by atoms with Crippen molar-refractivity contribution in [3.63, 3.8) is 0 Å². The Hall–Kier alpha value is -1.10. The number of rotatable bonds is 0. The Bertz CT molecular complexity index is 890. The second-order valence-corrected chi connectivity index (χ2v) is 5.43. The number of benzene rings is 1. The van der Waals surface area contributed by atoms with E-state index in [0.717, 1.165) is 16.9 Å². The summed E-state index contributed by atoms with van der Waals surface area (Å²) in [7, 11) is 2.05. The van der Waals surface area contributed by atoms with Crippen molar-refractivity contribution >= 4 is 39.1 Å². The van der Waals surface area contributed by atoms with E-state index in [0.29, 0.717) is 0 Å². The van der Waals surface area contributed by atoms with E-state index in [9.17, 15) is 0 Å². The van der Waals surface area contributed by atoms with Crippen molar-refractivity contribution in [1.82, 2.24) is 9.14 Å². The summed E-state index contributed by atoms with van der Waals surface area (Å²) >= 11 is 1.75. The standard InChI is InChI=1S/C15H11N3S.CH3.Y/c1-17-8-6-14-11(7-9-19-14)15(17)18-10-16-12-4-2-3-5-13(12)18;;/h2-9H,1H3;1H3;/q;-1;. The molecule has 0 atom stereocenters. The molecular formula is C16H14N3SY-. The number of hydrogen-bond donors (Lipinski definition) is 0. The first-order valence-electron chi connectivity index (χ1n) is 6.06. The third-order valence-electron chi connectivity index (χ3n) is 3.32. The van der Waals surface area contributed by atoms with Crippen molar-refractivity contribution in [2.75, 3.05) is 0 Å². The maximum absolute atomic E-state index is 4.36. The molecule has 0 amide bonds. The monoisotopic (exact) mass is 369 g/mol. The van der Waals surface area contributed by atoms with Crippen LogP contribution in [-0.2, 0) is 39.8 Å². The molecule has 0 saturated heterocycles. The smallest absolute Gasteiger partial charge is 0.208 e. The Labute approximate surface area is 153 Å². The topological polar surface area (TPSA) is 20.3 Å². The predicted molar refractivity (Wildman–Crippen MR) is 85.7 cm³/mol. The second kappa shape index (κ2) is 6.34. The van der Waals surface area contributed by atoms with Gasteiger partial charge in [0.25, 0.3) is 0 Å². The molecule has 3 aromatic rings. The van der Waals surface area contributed by atoms with Gasteiger partial charge in [-0.25, -0.2) is 4.99 Å². The minimum atomic E-state index is 0. The van der Waals surface area contributed by atoms with Crippen LogP contribution in [0.2, 0.25) is 0 Å². The van der Waals surface area contributed by atoms with Crippen LogP contribution in [0.1, 0.15) is 0 Å². The molecule has 1 aliphatic rings. The van der Waals surface area contributed by atoms with Gasteiger partial charge in [0, 0.05) is 55.5 Å². The van der Waals surface area contributed by atoms with Crippen LogP contribution in [-0.4, -0.2) is 10.9 Å². The number of hydrogen-bond acceptors (Lipinski definition) is 2. The Morgan fingerprint density at radius 1 is 1.19 bits per heavy atom. The zero-order chi connectivity index (χ0) is 12.8. The van der Waals surface area contributed by atoms with E-state index in [1.54, 1.807) is 11.3 Å². The number of thiophene rings is 1. The molecule has 3 nitrogen and oxygen atoms in total. The Morgan fingerprint density at radius 2 is 2.00 bits per heavy atom. The van der Waals surface area contributed by atoms with E-state index >= 15 is 0 Å². The molecule has 0 bridgehead atoms. The molecule has 21 heavy (non-hydrogen) atoms. The van der Waals surface area contributed by atoms with Crippen LogP contribution in [0.25, 0.3) is 10.1 Å². The third-order valence-corrected chi connectivity index (χ3v) is 4.21. The fourth-order valence-electron chi connectivity index (χ4n) is 2.42. The summed E-state index contributed by atoms with van der Waals surface area (Å²) in [5.74, 6) is 0. The van der Waals surface area contributed by atoms with Crippen LogP contribution in [0.4, 0.5) is 11.4 Å². The van der Waals surface area contributed by atoms with Crippen molar-refractivity contribution < 1.29 is 32.7 Å². The molecule has 1 aliphatic heterocycles. The summed E-state index contributed by atoms with van der Waals surface area (Å²) in [6, 6.07) is 12.4. The van der Waals surface area contributed by atoms with Crippen LogP contribution in [0.5, 0.6) is 0 Å². The molecule has 0 aliphatic carbocycles. The number of aryl methyl sites for hydroxylation is 1. The van der Waals surface area contributed by atoms with E-state index in [2.05, 4.69) is 52.7 Å². The van der Waals surface area contributed by atoms with E-state index in [1.165, 1.54) is 10.1 Å². The molecule has 1 aromatic carbocycles. The van der Waals surface area contributed by atoms with E-state index in [1.807, 2.05) is 22.8 Å². The number of para-hydroxylation sites is 2. The zero-order valence-corrected chi connectivity index (χ0v) is 15.6. The van der Waals surface area contributed by atoms with Gasteiger partial charge >= 0.3 is 0 Å². The summed E-state index contributed by atoms with van der Waals surface area (Å²) in [5.41, 5.74) is 3.15. The number of aliphatic imine (C=N–C) groups is 1. The molecule has 0 fully saturated rings. The molecular weight excluding hydrogens is 355 g/mol. The van der Waals surface area contributed by atoms with Crippen molar-refractivity contribution in [2.24, 2.45) is 12.0 Å². The zero-order valence-electron chi connectivity index (χ0n) is 11.9. The summed E-state index contributed by atoms with van der Waals surface area (Å²) in [5, 5.41) is 3.35. The van der Waals surface area contributed by atoms with Gasteiger partial charge in [-0.3, -0.25) is 0 Å². The Kier molecular flexibility index (Phi) is 4.92. The molecule has 0 unspecified atom stereocenters. The van der Waals surface area contributed by atoms with Gasteiger partial charge in [-0.1, -0.05) is 24.3 Å². The first-order chi connectivity index (χ1) is 9.34. The van der Waals surface area contributed by atoms with Crippen LogP contribution in [0.15, 0.2) is 53.0 Å². The van der Waals surface area contributed by atoms with Crippen molar-refractivity contribution in [1.29, 1.82) is 0 Å². The molecule has 2 aromatic heterocycles. The van der Waals surface area contributed by atoms with Crippen LogP contribution in [0, 0.1) is 7.43 Å². The maximum Gasteiger partial charge on any atom is 0.208 e. The minimum Gasteiger partial charge on any atom is -0.358 e. The van der Waals surface area contributed by atoms with Crippen LogP contribution >= 0.6 is 11.3 Å². The van der Waals surface area contributed by atoms with Crippen LogP contribution in [0.3, 0.4) is 0 Å². The Balaban J connectivity index is 0.000000807. The molecule has 0 N–H and O–H groups in total. The van der Waals surface area contributed by atoms with Gasteiger partial charge in [-0.2, -0.15) is 0 Å². The average molecular weight is 369 g/mol. The summed E-state index contributed by atoms with van der Waals surface area (Å²) in [6.45, 7) is 0. The second-order valence-electron chi connectivity index (χ2n) is 4.48. The van der Waals surface area contributed by atoms with Crippen molar-refractivity contribution in [3.05, 3.63) is 60.9 Å². The normalized spacial score (nSPS) is 14.5. The first-order valence-corrected chi connectivity index (χ1v) is 6.94. The van der Waals surface area contributed by atoms with Crippen molar-refractivity contribution in [3.8, 4) is 0 Å². The molecule has 1 radical (unpaired) electrons. The molecule has 4 rings (SSSR count). The van der Waals surface area contributed by atoms with Gasteiger partial charge < -0.3 is 16.6 Å². The summed E-state index contributed by atoms with van der Waals surface area (Å²) < 4.78 is 5.42. The third kappa shape index (κ3) is 2.56. The molecule has 3 heterocycles. The van der Waals surface area contributed by atoms with E-state index < -0.39 is 0 Å². The first kappa shape index (κ1) is 16.3. The van der Waals surface area contributed by atoms with Gasteiger partial charge in [0.05, 0.1) is 11.9 Å². The van der Waals surface area contributed by atoms with Crippen LogP contribution < -0.4 is 10.1 Å². The maximum atomic E-state index is 4.36. The van der Waals surface area contributed by atoms with E-state index in [-0.39, 0.29) is 40.1 Å². The SMILES string of the molecule is Cn1ccc2sccc2c1=[N+]1[C-]=Nc2ccccc21.[CH3-].[Y]. The summed E-state index contributed by atoms with van der Waals surface area (Å²) in [6.07, 6.45) is 5.18. The largest absolute Gasteiger partial charge is 0.358 e. The van der Waals surface area contributed by atoms with E-state index in [4.69, 9.17) is 0 Å². The number of fused-ring (bicyclic) bond motifs is 2. The average Bonchev–Trinajstić information content (AvgIpc) is 3.05. The van der Waals surface area contributed by atoms with Gasteiger partial charge in [0.1, 0.15) is 0 Å². The fraction of sp³-hybridized carbons (Fsp3) is 0.0625. The molecule has 0 saturated carbocycles. The number of aromatic nitrogens is 1. The predicted octanol–water partition coefficient (Wildman–Crippen LogP) is 3.34. The van der Waals surface area contributed by atoms with Crippen molar-refractivity contribution in [2.45, 2.75) is 0 Å². The van der Waals surface area contributed by atoms with Gasteiger partial charge in [0.15, 0.2) is 5.49 Å². The minimum absolute atomic E-state index is 0. The number of pyridine rings is 1. The van der Waals surface area contributed by atoms with Gasteiger partial charge in [-0.15, -0.1) is 11.3 Å².